The summed E-state index contributed by atoms with van der Waals surface area (Å²) in [4.78, 5) is 21.1. The van der Waals surface area contributed by atoms with Gasteiger partial charge < -0.3 is 25.4 Å². The topological polar surface area (TPSA) is 63.4 Å². The lowest BCUT2D eigenvalue weighted by Gasteiger charge is -2.46. The fourth-order valence-electron chi connectivity index (χ4n) is 5.17. The fourth-order valence-corrected chi connectivity index (χ4v) is 5.29. The van der Waals surface area contributed by atoms with E-state index in [0.717, 1.165) is 48.5 Å². The first kappa shape index (κ1) is 20.2. The van der Waals surface area contributed by atoms with Crippen molar-refractivity contribution in [3.8, 4) is 0 Å². The molecule has 1 saturated heterocycles. The fraction of sp³-hybridized carbons (Fsp3) is 0.545. The molecule has 1 aromatic heterocycles. The molecule has 1 aliphatic carbocycles. The van der Waals surface area contributed by atoms with E-state index < -0.39 is 0 Å². The smallest absolute Gasteiger partial charge is 0.317 e. The van der Waals surface area contributed by atoms with Gasteiger partial charge in [-0.1, -0.05) is 12.2 Å². The zero-order chi connectivity index (χ0) is 20.7. The first-order valence-electron chi connectivity index (χ1n) is 10.6. The standard InChI is InChI=1S/C22H31N5OS/c1-5-27(6-2)22(28)25-15-10-16-17-7-13(21(29)23-3)8-18-20(17)14(11-24-18)9-19(16)26(4)12-15/h7-8,11,15-16,19,24H,5-6,9-10,12H2,1-4H3,(H,23,29)(H,25,28)/t15-,16+,19+/m0/s1. The number of amides is 2. The summed E-state index contributed by atoms with van der Waals surface area (Å²) in [5.41, 5.74) is 4.95. The molecule has 7 heteroatoms. The summed E-state index contributed by atoms with van der Waals surface area (Å²) in [5, 5.41) is 7.74. The number of nitrogens with zero attached hydrogens (tertiary/aromatic N) is 2. The van der Waals surface area contributed by atoms with E-state index in [4.69, 9.17) is 12.2 Å². The van der Waals surface area contributed by atoms with Gasteiger partial charge in [-0.2, -0.15) is 0 Å². The lowest BCUT2D eigenvalue weighted by atomic mass is 9.73. The van der Waals surface area contributed by atoms with Crippen LogP contribution in [-0.2, 0) is 6.42 Å². The number of fused-ring (bicyclic) bond motifs is 2. The Hall–Kier alpha value is -2.12. The second kappa shape index (κ2) is 7.95. The second-order valence-electron chi connectivity index (χ2n) is 8.25. The van der Waals surface area contributed by atoms with Crippen LogP contribution in [0.4, 0.5) is 4.79 Å². The molecule has 1 aromatic carbocycles. The summed E-state index contributed by atoms with van der Waals surface area (Å²) in [5.74, 6) is 0.376. The predicted octanol–water partition coefficient (Wildman–Crippen LogP) is 2.83. The van der Waals surface area contributed by atoms with E-state index in [0.29, 0.717) is 12.0 Å². The Morgan fingerprint density at radius 1 is 1.34 bits per heavy atom. The summed E-state index contributed by atoms with van der Waals surface area (Å²) in [7, 11) is 4.05. The Morgan fingerprint density at radius 2 is 2.10 bits per heavy atom. The van der Waals surface area contributed by atoms with Gasteiger partial charge in [-0.05, 0) is 57.0 Å². The third-order valence-corrected chi connectivity index (χ3v) is 7.11. The van der Waals surface area contributed by atoms with Gasteiger partial charge in [0.1, 0.15) is 4.99 Å². The van der Waals surface area contributed by atoms with Crippen molar-refractivity contribution < 1.29 is 4.79 Å². The summed E-state index contributed by atoms with van der Waals surface area (Å²) in [6, 6.07) is 5.04. The van der Waals surface area contributed by atoms with Gasteiger partial charge in [0.2, 0.25) is 0 Å². The van der Waals surface area contributed by atoms with E-state index in [1.165, 1.54) is 16.5 Å². The molecular formula is C22H31N5OS. The zero-order valence-corrected chi connectivity index (χ0v) is 18.5. The molecule has 0 bridgehead atoms. The SMILES string of the molecule is CCN(CC)C(=O)N[C@H]1C[C@@H]2c3cc(C(=S)NC)cc4[nH]cc(c34)C[C@H]2N(C)C1. The number of piperidine rings is 1. The van der Waals surface area contributed by atoms with Crippen LogP contribution in [-0.4, -0.2) is 71.6 Å². The number of hydrogen-bond donors (Lipinski definition) is 3. The molecule has 6 nitrogen and oxygen atoms in total. The first-order chi connectivity index (χ1) is 14.0. The van der Waals surface area contributed by atoms with Crippen molar-refractivity contribution in [3.05, 3.63) is 35.0 Å². The Morgan fingerprint density at radius 3 is 2.79 bits per heavy atom. The number of benzene rings is 1. The third kappa shape index (κ3) is 3.51. The van der Waals surface area contributed by atoms with Gasteiger partial charge in [0.15, 0.2) is 0 Å². The van der Waals surface area contributed by atoms with Crippen LogP contribution in [0.3, 0.4) is 0 Å². The van der Waals surface area contributed by atoms with Gasteiger partial charge in [-0.3, -0.25) is 0 Å². The molecule has 0 radical (unpaired) electrons. The highest BCUT2D eigenvalue weighted by molar-refractivity contribution is 7.80. The number of likely N-dealkylation sites (N-methyl/N-ethyl adjacent to an activating group) is 1. The van der Waals surface area contributed by atoms with Gasteiger partial charge >= 0.3 is 6.03 Å². The van der Waals surface area contributed by atoms with Crippen LogP contribution in [0, 0.1) is 0 Å². The number of thiocarbonyl (C=S) groups is 1. The molecule has 1 aliphatic heterocycles. The molecule has 4 rings (SSSR count). The summed E-state index contributed by atoms with van der Waals surface area (Å²) < 4.78 is 0. The molecule has 2 aliphatic rings. The van der Waals surface area contributed by atoms with Crippen molar-refractivity contribution in [3.63, 3.8) is 0 Å². The molecule has 2 amide bonds. The molecule has 2 heterocycles. The van der Waals surface area contributed by atoms with E-state index in [-0.39, 0.29) is 12.1 Å². The van der Waals surface area contributed by atoms with Crippen LogP contribution in [0.25, 0.3) is 10.9 Å². The normalized spacial score (nSPS) is 23.5. The summed E-state index contributed by atoms with van der Waals surface area (Å²) >= 11 is 5.52. The molecule has 0 unspecified atom stereocenters. The lowest BCUT2D eigenvalue weighted by Crippen LogP contribution is -2.56. The largest absolute Gasteiger partial charge is 0.379 e. The molecule has 3 N–H and O–H groups in total. The maximum absolute atomic E-state index is 12.6. The number of aromatic amines is 1. The van der Waals surface area contributed by atoms with Crippen molar-refractivity contribution in [1.29, 1.82) is 0 Å². The molecule has 0 spiro atoms. The highest BCUT2D eigenvalue weighted by atomic mass is 32.1. The van der Waals surface area contributed by atoms with Crippen LogP contribution >= 0.6 is 12.2 Å². The number of urea groups is 1. The van der Waals surface area contributed by atoms with E-state index >= 15 is 0 Å². The maximum atomic E-state index is 12.6. The molecule has 3 atom stereocenters. The summed E-state index contributed by atoms with van der Waals surface area (Å²) in [6.07, 6.45) is 4.15. The van der Waals surface area contributed by atoms with Crippen LogP contribution in [0.5, 0.6) is 0 Å². The molecule has 156 valence electrons. The van der Waals surface area contributed by atoms with Crippen molar-refractivity contribution in [2.24, 2.45) is 0 Å². The zero-order valence-electron chi connectivity index (χ0n) is 17.7. The van der Waals surface area contributed by atoms with Crippen LogP contribution in [0.1, 0.15) is 42.9 Å². The average molecular weight is 414 g/mol. The number of H-pyrrole nitrogens is 1. The Balaban J connectivity index is 1.67. The van der Waals surface area contributed by atoms with Crippen molar-refractivity contribution in [1.82, 2.24) is 25.4 Å². The van der Waals surface area contributed by atoms with Gasteiger partial charge in [0.25, 0.3) is 0 Å². The van der Waals surface area contributed by atoms with Crippen LogP contribution < -0.4 is 10.6 Å². The number of nitrogens with one attached hydrogen (secondary N) is 3. The van der Waals surface area contributed by atoms with Gasteiger partial charge in [-0.25, -0.2) is 4.79 Å². The van der Waals surface area contributed by atoms with Crippen molar-refractivity contribution >= 4 is 34.1 Å². The predicted molar refractivity (Wildman–Crippen MR) is 122 cm³/mol. The number of carbonyl (C=O) groups excluding carboxylic acids is 1. The average Bonchev–Trinajstić information content (AvgIpc) is 3.12. The monoisotopic (exact) mass is 413 g/mol. The summed E-state index contributed by atoms with van der Waals surface area (Å²) in [6.45, 7) is 6.38. The number of hydrogen-bond acceptors (Lipinski definition) is 3. The maximum Gasteiger partial charge on any atom is 0.317 e. The van der Waals surface area contributed by atoms with E-state index in [2.05, 4.69) is 45.9 Å². The van der Waals surface area contributed by atoms with Crippen molar-refractivity contribution in [2.75, 3.05) is 33.7 Å². The molecular weight excluding hydrogens is 382 g/mol. The molecule has 2 aromatic rings. The second-order valence-corrected chi connectivity index (χ2v) is 8.66. The van der Waals surface area contributed by atoms with Crippen molar-refractivity contribution in [2.45, 2.75) is 44.7 Å². The van der Waals surface area contributed by atoms with E-state index in [9.17, 15) is 4.79 Å². The van der Waals surface area contributed by atoms with Gasteiger partial charge in [-0.15, -0.1) is 0 Å². The number of aromatic nitrogens is 1. The lowest BCUT2D eigenvalue weighted by molar-refractivity contribution is 0.124. The highest BCUT2D eigenvalue weighted by Crippen LogP contribution is 2.43. The van der Waals surface area contributed by atoms with Gasteiger partial charge in [0.05, 0.1) is 0 Å². The Labute approximate surface area is 178 Å². The third-order valence-electron chi connectivity index (χ3n) is 6.67. The van der Waals surface area contributed by atoms with Crippen LogP contribution in [0.15, 0.2) is 18.3 Å². The highest BCUT2D eigenvalue weighted by Gasteiger charge is 2.40. The molecule has 1 fully saturated rings. The first-order valence-corrected chi connectivity index (χ1v) is 11.0. The quantitative estimate of drug-likeness (QED) is 0.675. The van der Waals surface area contributed by atoms with Gasteiger partial charge in [0, 0.05) is 67.3 Å². The Bertz CT molecular complexity index is 935. The number of carbonyl (C=O) groups is 1. The Kier molecular flexibility index (Phi) is 5.53. The minimum atomic E-state index is 0.0419. The molecule has 29 heavy (non-hydrogen) atoms. The minimum absolute atomic E-state index is 0.0419. The van der Waals surface area contributed by atoms with E-state index in [1.54, 1.807) is 0 Å². The minimum Gasteiger partial charge on any atom is -0.379 e. The molecule has 0 saturated carbocycles. The number of likely N-dealkylation sites (tertiary alicyclic amines) is 1. The van der Waals surface area contributed by atoms with Crippen LogP contribution in [0.2, 0.25) is 0 Å². The van der Waals surface area contributed by atoms with E-state index in [1.807, 2.05) is 25.8 Å². The number of rotatable bonds is 4.